The van der Waals surface area contributed by atoms with Crippen LogP contribution in [0.2, 0.25) is 0 Å². The second-order valence-corrected chi connectivity index (χ2v) is 5.23. The van der Waals surface area contributed by atoms with Crippen molar-refractivity contribution in [1.29, 1.82) is 0 Å². The molecule has 96 valence electrons. The Morgan fingerprint density at radius 2 is 2.06 bits per heavy atom. The summed E-state index contributed by atoms with van der Waals surface area (Å²) in [6.45, 7) is 8.27. The van der Waals surface area contributed by atoms with E-state index in [4.69, 9.17) is 5.73 Å². The first-order chi connectivity index (χ1) is 8.44. The van der Waals surface area contributed by atoms with E-state index in [0.29, 0.717) is 0 Å². The number of nitrogens with one attached hydrogen (secondary N) is 1. The Hall–Kier alpha value is -1.61. The Morgan fingerprint density at radius 1 is 1.33 bits per heavy atom. The van der Waals surface area contributed by atoms with Crippen LogP contribution in [0.1, 0.15) is 37.2 Å². The van der Waals surface area contributed by atoms with Crippen LogP contribution in [-0.4, -0.2) is 9.97 Å². The molecule has 0 radical (unpaired) electrons. The van der Waals surface area contributed by atoms with Gasteiger partial charge in [0, 0.05) is 5.56 Å². The molecule has 0 fully saturated rings. The first-order valence-electron chi connectivity index (χ1n) is 6.36. The molecule has 0 aliphatic rings. The van der Waals surface area contributed by atoms with Crippen molar-refractivity contribution in [1.82, 2.24) is 9.97 Å². The van der Waals surface area contributed by atoms with Crippen molar-refractivity contribution in [2.45, 2.75) is 39.7 Å². The van der Waals surface area contributed by atoms with Gasteiger partial charge in [0.2, 0.25) is 0 Å². The first-order valence-corrected chi connectivity index (χ1v) is 6.36. The lowest BCUT2D eigenvalue weighted by molar-refractivity contribution is 0.450. The van der Waals surface area contributed by atoms with Gasteiger partial charge in [0.1, 0.15) is 5.82 Å². The number of benzene rings is 1. The molecule has 0 amide bonds. The second-order valence-electron chi connectivity index (χ2n) is 5.23. The van der Waals surface area contributed by atoms with E-state index in [1.807, 2.05) is 13.1 Å². The third-order valence-electron chi connectivity index (χ3n) is 3.53. The zero-order valence-corrected chi connectivity index (χ0v) is 11.5. The molecule has 0 aliphatic heterocycles. The highest BCUT2D eigenvalue weighted by atomic mass is 15.0. The summed E-state index contributed by atoms with van der Waals surface area (Å²) in [4.78, 5) is 7.78. The normalized spacial score (nSPS) is 14.5. The maximum Gasteiger partial charge on any atom is 0.126 e. The number of nitrogens with two attached hydrogens (primary N) is 1. The second kappa shape index (κ2) is 4.58. The minimum absolute atomic E-state index is 0.393. The van der Waals surface area contributed by atoms with Crippen LogP contribution in [0, 0.1) is 13.8 Å². The standard InChI is InChI=1S/C15H21N3/c1-5-15(4,16)14-17-9-13(18-14)12-8-10(2)6-7-11(12)3/h6-9H,5,16H2,1-4H3,(H,17,18). The summed E-state index contributed by atoms with van der Waals surface area (Å²) in [6.07, 6.45) is 2.73. The highest BCUT2D eigenvalue weighted by Gasteiger charge is 2.22. The third kappa shape index (κ3) is 2.31. The maximum atomic E-state index is 6.20. The third-order valence-corrected chi connectivity index (χ3v) is 3.53. The molecule has 1 atom stereocenters. The highest BCUT2D eigenvalue weighted by molar-refractivity contribution is 5.64. The average molecular weight is 243 g/mol. The predicted octanol–water partition coefficient (Wildman–Crippen LogP) is 3.28. The summed E-state index contributed by atoms with van der Waals surface area (Å²) in [5.41, 5.74) is 10.5. The number of imidazole rings is 1. The van der Waals surface area contributed by atoms with Gasteiger partial charge >= 0.3 is 0 Å². The number of H-pyrrole nitrogens is 1. The molecular formula is C15H21N3. The summed E-state index contributed by atoms with van der Waals surface area (Å²) in [7, 11) is 0. The van der Waals surface area contributed by atoms with Crippen molar-refractivity contribution in [3.63, 3.8) is 0 Å². The molecule has 0 bridgehead atoms. The minimum Gasteiger partial charge on any atom is -0.340 e. The molecule has 0 saturated heterocycles. The van der Waals surface area contributed by atoms with Crippen LogP contribution in [0.5, 0.6) is 0 Å². The van der Waals surface area contributed by atoms with E-state index in [9.17, 15) is 0 Å². The average Bonchev–Trinajstić information content (AvgIpc) is 2.82. The Kier molecular flexibility index (Phi) is 3.26. The molecule has 3 heteroatoms. The van der Waals surface area contributed by atoms with E-state index in [1.54, 1.807) is 0 Å². The lowest BCUT2D eigenvalue weighted by Crippen LogP contribution is -2.33. The Bertz CT molecular complexity index is 553. The fourth-order valence-electron chi connectivity index (χ4n) is 1.94. The molecule has 1 aromatic carbocycles. The van der Waals surface area contributed by atoms with Crippen LogP contribution in [0.15, 0.2) is 24.4 Å². The van der Waals surface area contributed by atoms with Crippen molar-refractivity contribution in [2.75, 3.05) is 0 Å². The van der Waals surface area contributed by atoms with Crippen LogP contribution in [-0.2, 0) is 5.54 Å². The number of aromatic amines is 1. The quantitative estimate of drug-likeness (QED) is 0.869. The van der Waals surface area contributed by atoms with E-state index < -0.39 is 5.54 Å². The Labute approximate surface area is 108 Å². The fourth-order valence-corrected chi connectivity index (χ4v) is 1.94. The highest BCUT2D eigenvalue weighted by Crippen LogP contribution is 2.26. The molecule has 3 nitrogen and oxygen atoms in total. The molecule has 1 heterocycles. The summed E-state index contributed by atoms with van der Waals surface area (Å²) >= 11 is 0. The molecule has 18 heavy (non-hydrogen) atoms. The number of aryl methyl sites for hydroxylation is 2. The van der Waals surface area contributed by atoms with Crippen LogP contribution < -0.4 is 5.73 Å². The van der Waals surface area contributed by atoms with E-state index in [1.165, 1.54) is 16.7 Å². The van der Waals surface area contributed by atoms with Crippen molar-refractivity contribution in [3.05, 3.63) is 41.3 Å². The molecule has 0 spiro atoms. The fraction of sp³-hybridized carbons (Fsp3) is 0.400. The molecule has 3 N–H and O–H groups in total. The van der Waals surface area contributed by atoms with E-state index in [2.05, 4.69) is 48.9 Å². The summed E-state index contributed by atoms with van der Waals surface area (Å²) in [5, 5.41) is 0. The monoisotopic (exact) mass is 243 g/mol. The van der Waals surface area contributed by atoms with Crippen molar-refractivity contribution in [3.8, 4) is 11.3 Å². The van der Waals surface area contributed by atoms with Crippen molar-refractivity contribution in [2.24, 2.45) is 5.73 Å². The summed E-state index contributed by atoms with van der Waals surface area (Å²) < 4.78 is 0. The number of hydrogen-bond donors (Lipinski definition) is 2. The van der Waals surface area contributed by atoms with Crippen LogP contribution >= 0.6 is 0 Å². The zero-order chi connectivity index (χ0) is 13.3. The van der Waals surface area contributed by atoms with Gasteiger partial charge in [0.05, 0.1) is 17.4 Å². The van der Waals surface area contributed by atoms with Gasteiger partial charge in [-0.05, 0) is 38.8 Å². The summed E-state index contributed by atoms with van der Waals surface area (Å²) in [5.74, 6) is 0.848. The largest absolute Gasteiger partial charge is 0.340 e. The molecular weight excluding hydrogens is 222 g/mol. The van der Waals surface area contributed by atoms with Gasteiger partial charge in [-0.1, -0.05) is 24.6 Å². The minimum atomic E-state index is -0.393. The van der Waals surface area contributed by atoms with Gasteiger partial charge < -0.3 is 10.7 Å². The number of aromatic nitrogens is 2. The molecule has 2 rings (SSSR count). The van der Waals surface area contributed by atoms with E-state index in [-0.39, 0.29) is 0 Å². The molecule has 2 aromatic rings. The smallest absolute Gasteiger partial charge is 0.126 e. The lowest BCUT2D eigenvalue weighted by atomic mass is 10.00. The molecule has 1 unspecified atom stereocenters. The van der Waals surface area contributed by atoms with Gasteiger partial charge in [0.25, 0.3) is 0 Å². The number of hydrogen-bond acceptors (Lipinski definition) is 2. The maximum absolute atomic E-state index is 6.20. The lowest BCUT2D eigenvalue weighted by Gasteiger charge is -2.19. The van der Waals surface area contributed by atoms with Crippen molar-refractivity contribution >= 4 is 0 Å². The van der Waals surface area contributed by atoms with Gasteiger partial charge in [-0.25, -0.2) is 4.98 Å². The van der Waals surface area contributed by atoms with Crippen molar-refractivity contribution < 1.29 is 0 Å². The molecule has 0 aliphatic carbocycles. The predicted molar refractivity (Wildman–Crippen MR) is 75.3 cm³/mol. The topological polar surface area (TPSA) is 54.7 Å². The molecule has 0 saturated carbocycles. The van der Waals surface area contributed by atoms with Gasteiger partial charge in [-0.15, -0.1) is 0 Å². The Morgan fingerprint density at radius 3 is 2.72 bits per heavy atom. The first kappa shape index (κ1) is 12.8. The SMILES string of the molecule is CCC(C)(N)c1ncc(-c2cc(C)ccc2C)[nH]1. The van der Waals surface area contributed by atoms with Gasteiger partial charge in [-0.3, -0.25) is 0 Å². The van der Waals surface area contributed by atoms with Crippen LogP contribution in [0.4, 0.5) is 0 Å². The van der Waals surface area contributed by atoms with Gasteiger partial charge in [0.15, 0.2) is 0 Å². The zero-order valence-electron chi connectivity index (χ0n) is 11.5. The Balaban J connectivity index is 2.44. The van der Waals surface area contributed by atoms with Crippen LogP contribution in [0.25, 0.3) is 11.3 Å². The number of nitrogens with zero attached hydrogens (tertiary/aromatic N) is 1. The van der Waals surface area contributed by atoms with E-state index >= 15 is 0 Å². The number of rotatable bonds is 3. The van der Waals surface area contributed by atoms with E-state index in [0.717, 1.165) is 17.9 Å². The van der Waals surface area contributed by atoms with Gasteiger partial charge in [-0.2, -0.15) is 0 Å². The summed E-state index contributed by atoms with van der Waals surface area (Å²) in [6, 6.07) is 6.42. The van der Waals surface area contributed by atoms with Crippen LogP contribution in [0.3, 0.4) is 0 Å². The molecule has 1 aromatic heterocycles.